The van der Waals surface area contributed by atoms with E-state index in [0.29, 0.717) is 0 Å². The standard InChI is InChI=1S/C29H9F12N3/c30-15-18(33)24(42-27(39)21(15)36)12-6-2-1-4-10(12)8-9-11-5-3-7-13(25-19(34)16(31)22(37)28(40)43-25)14(11)26-20(35)17(32)23(38)29(41)44-26/h1-9H/b9-8+. The third-order valence-corrected chi connectivity index (χ3v) is 6.20. The van der Waals surface area contributed by atoms with E-state index in [0.717, 1.165) is 36.4 Å². The number of halogens is 12. The van der Waals surface area contributed by atoms with Crippen LogP contribution in [0.2, 0.25) is 0 Å². The van der Waals surface area contributed by atoms with Crippen molar-refractivity contribution in [3.63, 3.8) is 0 Å². The lowest BCUT2D eigenvalue weighted by molar-refractivity contribution is 0.392. The van der Waals surface area contributed by atoms with E-state index in [1.54, 1.807) is 0 Å². The average molecular weight is 627 g/mol. The molecule has 15 heteroatoms. The molecule has 5 aromatic rings. The fourth-order valence-electron chi connectivity index (χ4n) is 4.19. The van der Waals surface area contributed by atoms with Crippen molar-refractivity contribution in [1.29, 1.82) is 0 Å². The third-order valence-electron chi connectivity index (χ3n) is 6.20. The Morgan fingerprint density at radius 3 is 1.30 bits per heavy atom. The van der Waals surface area contributed by atoms with Crippen LogP contribution in [0.4, 0.5) is 52.7 Å². The van der Waals surface area contributed by atoms with Crippen LogP contribution in [-0.4, -0.2) is 15.0 Å². The fraction of sp³-hybridized carbons (Fsp3) is 0. The lowest BCUT2D eigenvalue weighted by Crippen LogP contribution is -2.07. The molecule has 3 heterocycles. The lowest BCUT2D eigenvalue weighted by Gasteiger charge is -2.15. The van der Waals surface area contributed by atoms with E-state index in [1.165, 1.54) is 18.2 Å². The molecule has 224 valence electrons. The third kappa shape index (κ3) is 5.03. The highest BCUT2D eigenvalue weighted by Crippen LogP contribution is 2.39. The molecule has 0 aliphatic heterocycles. The van der Waals surface area contributed by atoms with Gasteiger partial charge in [0.2, 0.25) is 34.9 Å². The number of benzene rings is 2. The molecule has 3 aromatic heterocycles. The fourth-order valence-corrected chi connectivity index (χ4v) is 4.19. The molecule has 0 N–H and O–H groups in total. The summed E-state index contributed by atoms with van der Waals surface area (Å²) in [5.41, 5.74) is -6.07. The molecular weight excluding hydrogens is 618 g/mol. The summed E-state index contributed by atoms with van der Waals surface area (Å²) >= 11 is 0. The van der Waals surface area contributed by atoms with E-state index in [1.807, 2.05) is 0 Å². The minimum absolute atomic E-state index is 0.103. The number of hydrogen-bond acceptors (Lipinski definition) is 3. The van der Waals surface area contributed by atoms with Crippen LogP contribution in [0.25, 0.3) is 45.9 Å². The van der Waals surface area contributed by atoms with Gasteiger partial charge in [-0.25, -0.2) is 41.3 Å². The van der Waals surface area contributed by atoms with Crippen molar-refractivity contribution in [2.45, 2.75) is 0 Å². The van der Waals surface area contributed by atoms with E-state index in [-0.39, 0.29) is 16.7 Å². The quantitative estimate of drug-likeness (QED) is 0.111. The van der Waals surface area contributed by atoms with Gasteiger partial charge in [0.1, 0.15) is 17.1 Å². The van der Waals surface area contributed by atoms with Gasteiger partial charge in [0.15, 0.2) is 17.5 Å². The molecule has 0 fully saturated rings. The van der Waals surface area contributed by atoms with Crippen molar-refractivity contribution in [3.8, 4) is 33.8 Å². The molecule has 5 rings (SSSR count). The summed E-state index contributed by atoms with van der Waals surface area (Å²) in [6.45, 7) is 0. The predicted molar refractivity (Wildman–Crippen MR) is 131 cm³/mol. The van der Waals surface area contributed by atoms with E-state index >= 15 is 0 Å². The van der Waals surface area contributed by atoms with Gasteiger partial charge in [0, 0.05) is 16.7 Å². The van der Waals surface area contributed by atoms with Crippen molar-refractivity contribution < 1.29 is 52.7 Å². The smallest absolute Gasteiger partial charge is 0.214 e. The molecule has 0 saturated carbocycles. The van der Waals surface area contributed by atoms with Crippen molar-refractivity contribution in [2.24, 2.45) is 0 Å². The van der Waals surface area contributed by atoms with Gasteiger partial charge in [-0.2, -0.15) is 26.3 Å². The molecule has 0 amide bonds. The van der Waals surface area contributed by atoms with Gasteiger partial charge in [-0.1, -0.05) is 54.6 Å². The Balaban J connectivity index is 1.78. The molecule has 0 atom stereocenters. The summed E-state index contributed by atoms with van der Waals surface area (Å²) in [5.74, 6) is -26.1. The second-order valence-electron chi connectivity index (χ2n) is 8.77. The maximum Gasteiger partial charge on any atom is 0.252 e. The first kappa shape index (κ1) is 30.3. The molecule has 0 radical (unpaired) electrons. The average Bonchev–Trinajstić information content (AvgIpc) is 3.02. The van der Waals surface area contributed by atoms with E-state index < -0.39 is 98.4 Å². The largest absolute Gasteiger partial charge is 0.252 e. The van der Waals surface area contributed by atoms with E-state index in [4.69, 9.17) is 0 Å². The van der Waals surface area contributed by atoms with Gasteiger partial charge >= 0.3 is 0 Å². The van der Waals surface area contributed by atoms with Gasteiger partial charge < -0.3 is 0 Å². The topological polar surface area (TPSA) is 38.7 Å². The Bertz CT molecular complexity index is 2010. The van der Waals surface area contributed by atoms with Crippen LogP contribution in [0, 0.1) is 70.2 Å². The Morgan fingerprint density at radius 2 is 0.750 bits per heavy atom. The van der Waals surface area contributed by atoms with Crippen molar-refractivity contribution >= 4 is 12.2 Å². The summed E-state index contributed by atoms with van der Waals surface area (Å²) in [4.78, 5) is 9.09. The van der Waals surface area contributed by atoms with Gasteiger partial charge in [0.05, 0.1) is 0 Å². The first-order chi connectivity index (χ1) is 20.8. The summed E-state index contributed by atoms with van der Waals surface area (Å²) in [6, 6.07) is 7.96. The molecule has 0 aliphatic rings. The molecule has 0 aliphatic carbocycles. The predicted octanol–water partition coefficient (Wildman–Crippen LogP) is 8.71. The highest BCUT2D eigenvalue weighted by Gasteiger charge is 2.29. The summed E-state index contributed by atoms with van der Waals surface area (Å²) in [7, 11) is 0. The maximum absolute atomic E-state index is 15.0. The van der Waals surface area contributed by atoms with Crippen molar-refractivity contribution in [2.75, 3.05) is 0 Å². The SMILES string of the molecule is Fc1nc(-c2ccccc2/C=C/c2cccc(-c3nc(F)c(F)c(F)c3F)c2-c2nc(F)c(F)c(F)c2F)c(F)c(F)c1F. The van der Waals surface area contributed by atoms with Gasteiger partial charge in [0.25, 0.3) is 17.8 Å². The summed E-state index contributed by atoms with van der Waals surface area (Å²) < 4.78 is 169. The Morgan fingerprint density at radius 1 is 0.364 bits per heavy atom. The van der Waals surface area contributed by atoms with Crippen molar-refractivity contribution in [3.05, 3.63) is 124 Å². The number of pyridine rings is 3. The zero-order valence-electron chi connectivity index (χ0n) is 21.1. The first-order valence-electron chi connectivity index (χ1n) is 11.8. The molecule has 0 saturated heterocycles. The van der Waals surface area contributed by atoms with Crippen LogP contribution < -0.4 is 0 Å². The minimum atomic E-state index is -2.37. The normalized spacial score (nSPS) is 11.5. The summed E-state index contributed by atoms with van der Waals surface area (Å²) in [6.07, 6.45) is 2.02. The lowest BCUT2D eigenvalue weighted by atomic mass is 9.93. The zero-order chi connectivity index (χ0) is 32.0. The van der Waals surface area contributed by atoms with E-state index in [2.05, 4.69) is 15.0 Å². The molecule has 2 aromatic carbocycles. The Kier molecular flexibility index (Phi) is 7.88. The monoisotopic (exact) mass is 627 g/mol. The highest BCUT2D eigenvalue weighted by atomic mass is 19.2. The van der Waals surface area contributed by atoms with Crippen LogP contribution >= 0.6 is 0 Å². The Labute approximate surface area is 237 Å². The van der Waals surface area contributed by atoms with Gasteiger partial charge in [-0.3, -0.25) is 0 Å². The van der Waals surface area contributed by atoms with E-state index in [9.17, 15) is 52.7 Å². The van der Waals surface area contributed by atoms with Crippen LogP contribution in [0.15, 0.2) is 42.5 Å². The molecule has 0 unspecified atom stereocenters. The first-order valence-corrected chi connectivity index (χ1v) is 11.8. The summed E-state index contributed by atoms with van der Waals surface area (Å²) in [5, 5.41) is 0. The second kappa shape index (κ2) is 11.5. The Hall–Kier alpha value is -5.21. The van der Waals surface area contributed by atoms with Crippen LogP contribution in [0.1, 0.15) is 11.1 Å². The minimum Gasteiger partial charge on any atom is -0.214 e. The number of rotatable bonds is 5. The number of aromatic nitrogens is 3. The van der Waals surface area contributed by atoms with Crippen molar-refractivity contribution in [1.82, 2.24) is 15.0 Å². The van der Waals surface area contributed by atoms with Gasteiger partial charge in [-0.15, -0.1) is 0 Å². The number of nitrogens with zero attached hydrogens (tertiary/aromatic N) is 3. The van der Waals surface area contributed by atoms with Crippen LogP contribution in [-0.2, 0) is 0 Å². The second-order valence-corrected chi connectivity index (χ2v) is 8.77. The molecule has 0 bridgehead atoms. The van der Waals surface area contributed by atoms with Crippen LogP contribution in [0.5, 0.6) is 0 Å². The molecule has 44 heavy (non-hydrogen) atoms. The molecule has 0 spiro atoms. The zero-order valence-corrected chi connectivity index (χ0v) is 21.1. The maximum atomic E-state index is 15.0. The highest BCUT2D eigenvalue weighted by molar-refractivity contribution is 5.91. The van der Waals surface area contributed by atoms with Crippen LogP contribution in [0.3, 0.4) is 0 Å². The molecule has 3 nitrogen and oxygen atoms in total. The number of hydrogen-bond donors (Lipinski definition) is 0. The molecular formula is C29H9F12N3. The van der Waals surface area contributed by atoms with Gasteiger partial charge in [-0.05, 0) is 11.1 Å².